The van der Waals surface area contributed by atoms with Gasteiger partial charge in [0.15, 0.2) is 16.7 Å². The Bertz CT molecular complexity index is 1110. The SMILES string of the molecule is CCOc1ccc(C2C(C(=O)OCc3ccccc3)=C(C)N=C3SCCC(=O)N32)cc1OC. The molecule has 0 aliphatic carbocycles. The summed E-state index contributed by atoms with van der Waals surface area (Å²) in [5, 5.41) is 0.598. The number of aliphatic imine (C=N–C) groups is 1. The quantitative estimate of drug-likeness (QED) is 0.560. The highest BCUT2D eigenvalue weighted by Crippen LogP contribution is 2.42. The normalized spacial score (nSPS) is 17.9. The van der Waals surface area contributed by atoms with Gasteiger partial charge in [-0.15, -0.1) is 0 Å². The zero-order chi connectivity index (χ0) is 23.4. The molecule has 2 aliphatic heterocycles. The summed E-state index contributed by atoms with van der Waals surface area (Å²) >= 11 is 1.51. The number of ether oxygens (including phenoxy) is 3. The van der Waals surface area contributed by atoms with E-state index in [1.807, 2.05) is 49.4 Å². The lowest BCUT2D eigenvalue weighted by atomic mass is 9.93. The predicted molar refractivity (Wildman–Crippen MR) is 127 cm³/mol. The van der Waals surface area contributed by atoms with Crippen molar-refractivity contribution in [2.24, 2.45) is 4.99 Å². The summed E-state index contributed by atoms with van der Waals surface area (Å²) in [6, 6.07) is 14.3. The third-order valence-electron chi connectivity index (χ3n) is 5.44. The number of carbonyl (C=O) groups is 2. The summed E-state index contributed by atoms with van der Waals surface area (Å²) in [6.07, 6.45) is 0.375. The maximum absolute atomic E-state index is 13.3. The number of amides is 1. The molecule has 8 heteroatoms. The monoisotopic (exact) mass is 466 g/mol. The second-order valence-corrected chi connectivity index (χ2v) is 8.63. The predicted octanol–water partition coefficient (Wildman–Crippen LogP) is 4.49. The van der Waals surface area contributed by atoms with E-state index in [4.69, 9.17) is 14.2 Å². The molecule has 4 rings (SSSR count). The van der Waals surface area contributed by atoms with Crippen molar-refractivity contribution in [3.05, 3.63) is 70.9 Å². The van der Waals surface area contributed by atoms with E-state index in [1.54, 1.807) is 25.0 Å². The maximum Gasteiger partial charge on any atom is 0.338 e. The number of hydrogen-bond donors (Lipinski definition) is 0. The van der Waals surface area contributed by atoms with Crippen LogP contribution in [-0.4, -0.2) is 41.4 Å². The first-order valence-corrected chi connectivity index (χ1v) is 11.8. The highest BCUT2D eigenvalue weighted by Gasteiger charge is 2.42. The summed E-state index contributed by atoms with van der Waals surface area (Å²) in [6.45, 7) is 4.30. The van der Waals surface area contributed by atoms with Gasteiger partial charge in [-0.2, -0.15) is 0 Å². The fourth-order valence-electron chi connectivity index (χ4n) is 3.90. The standard InChI is InChI=1S/C25H26N2O5S/c1-4-31-19-11-10-18(14-20(19)30-3)23-22(24(29)32-15-17-8-6-5-7-9-17)16(2)26-25-27(23)21(28)12-13-33-25/h5-11,14,23H,4,12-13,15H2,1-3H3. The average molecular weight is 467 g/mol. The summed E-state index contributed by atoms with van der Waals surface area (Å²) < 4.78 is 16.8. The molecule has 33 heavy (non-hydrogen) atoms. The van der Waals surface area contributed by atoms with Crippen molar-refractivity contribution in [3.8, 4) is 11.5 Å². The molecule has 172 valence electrons. The number of allylic oxidation sites excluding steroid dienone is 1. The van der Waals surface area contributed by atoms with E-state index in [1.165, 1.54) is 11.8 Å². The molecule has 0 aromatic heterocycles. The fraction of sp³-hybridized carbons (Fsp3) is 0.320. The van der Waals surface area contributed by atoms with Gasteiger partial charge in [0.2, 0.25) is 5.91 Å². The largest absolute Gasteiger partial charge is 0.493 e. The van der Waals surface area contributed by atoms with Crippen molar-refractivity contribution in [1.82, 2.24) is 4.90 Å². The highest BCUT2D eigenvalue weighted by molar-refractivity contribution is 8.14. The van der Waals surface area contributed by atoms with Gasteiger partial charge in [-0.3, -0.25) is 9.69 Å². The lowest BCUT2D eigenvalue weighted by molar-refractivity contribution is -0.141. The maximum atomic E-state index is 13.3. The number of thioether (sulfide) groups is 1. The van der Waals surface area contributed by atoms with Crippen LogP contribution >= 0.6 is 11.8 Å². The van der Waals surface area contributed by atoms with Crippen molar-refractivity contribution in [2.45, 2.75) is 32.9 Å². The summed E-state index contributed by atoms with van der Waals surface area (Å²) in [5.41, 5.74) is 2.49. The van der Waals surface area contributed by atoms with Crippen LogP contribution in [0, 0.1) is 0 Å². The Morgan fingerprint density at radius 3 is 2.70 bits per heavy atom. The Balaban J connectivity index is 1.74. The van der Waals surface area contributed by atoms with E-state index >= 15 is 0 Å². The zero-order valence-electron chi connectivity index (χ0n) is 18.9. The second-order valence-electron chi connectivity index (χ2n) is 7.56. The second kappa shape index (κ2) is 10.1. The molecule has 2 aromatic rings. The van der Waals surface area contributed by atoms with Crippen molar-refractivity contribution in [2.75, 3.05) is 19.5 Å². The van der Waals surface area contributed by atoms with Gasteiger partial charge in [-0.1, -0.05) is 48.2 Å². The minimum Gasteiger partial charge on any atom is -0.493 e. The number of benzene rings is 2. The summed E-state index contributed by atoms with van der Waals surface area (Å²) in [5.74, 6) is 1.22. The molecule has 0 radical (unpaired) electrons. The molecule has 0 saturated carbocycles. The van der Waals surface area contributed by atoms with Crippen LogP contribution in [0.2, 0.25) is 0 Å². The molecule has 1 amide bonds. The number of fused-ring (bicyclic) bond motifs is 1. The van der Waals surface area contributed by atoms with Crippen LogP contribution in [0.15, 0.2) is 64.8 Å². The third kappa shape index (κ3) is 4.75. The first-order chi connectivity index (χ1) is 16.0. The molecule has 1 fully saturated rings. The van der Waals surface area contributed by atoms with Crippen molar-refractivity contribution in [1.29, 1.82) is 0 Å². The van der Waals surface area contributed by atoms with Crippen LogP contribution in [0.3, 0.4) is 0 Å². The minimum absolute atomic E-state index is 0.0776. The van der Waals surface area contributed by atoms with Gasteiger partial charge in [0.1, 0.15) is 6.61 Å². The van der Waals surface area contributed by atoms with Crippen molar-refractivity contribution < 1.29 is 23.8 Å². The van der Waals surface area contributed by atoms with E-state index < -0.39 is 12.0 Å². The van der Waals surface area contributed by atoms with Crippen molar-refractivity contribution in [3.63, 3.8) is 0 Å². The molecule has 0 bridgehead atoms. The van der Waals surface area contributed by atoms with Gasteiger partial charge in [-0.25, -0.2) is 9.79 Å². The molecule has 1 saturated heterocycles. The van der Waals surface area contributed by atoms with Crippen LogP contribution in [0.4, 0.5) is 0 Å². The molecular formula is C25H26N2O5S. The van der Waals surface area contributed by atoms with Crippen LogP contribution in [0.25, 0.3) is 0 Å². The number of rotatable bonds is 7. The van der Waals surface area contributed by atoms with Crippen LogP contribution in [0.5, 0.6) is 11.5 Å². The molecule has 2 heterocycles. The van der Waals surface area contributed by atoms with Gasteiger partial charge in [0.25, 0.3) is 0 Å². The van der Waals surface area contributed by atoms with Crippen molar-refractivity contribution >= 4 is 28.8 Å². The third-order valence-corrected chi connectivity index (χ3v) is 6.40. The summed E-state index contributed by atoms with van der Waals surface area (Å²) in [7, 11) is 1.56. The number of hydrogen-bond acceptors (Lipinski definition) is 7. The Morgan fingerprint density at radius 2 is 1.97 bits per heavy atom. The Hall–Kier alpha value is -3.26. The molecule has 1 unspecified atom stereocenters. The molecule has 0 spiro atoms. The Labute approximate surface area is 197 Å². The number of nitrogens with zero attached hydrogens (tertiary/aromatic N) is 2. The lowest BCUT2D eigenvalue weighted by Gasteiger charge is -2.39. The van der Waals surface area contributed by atoms with Crippen LogP contribution < -0.4 is 9.47 Å². The molecule has 7 nitrogen and oxygen atoms in total. The first kappa shape index (κ1) is 22.9. The van der Waals surface area contributed by atoms with E-state index in [-0.39, 0.29) is 12.5 Å². The minimum atomic E-state index is -0.661. The first-order valence-electron chi connectivity index (χ1n) is 10.8. The van der Waals surface area contributed by atoms with Crippen LogP contribution in [0.1, 0.15) is 37.4 Å². The number of esters is 1. The number of amidine groups is 1. The molecule has 2 aromatic carbocycles. The molecule has 1 atom stereocenters. The number of carbonyl (C=O) groups excluding carboxylic acids is 2. The topological polar surface area (TPSA) is 77.4 Å². The summed E-state index contributed by atoms with van der Waals surface area (Å²) in [4.78, 5) is 32.5. The molecular weight excluding hydrogens is 440 g/mol. The van der Waals surface area contributed by atoms with Gasteiger partial charge in [0.05, 0.1) is 31.0 Å². The average Bonchev–Trinajstić information content (AvgIpc) is 2.83. The smallest absolute Gasteiger partial charge is 0.338 e. The lowest BCUT2D eigenvalue weighted by Crippen LogP contribution is -2.45. The van der Waals surface area contributed by atoms with Gasteiger partial charge in [0, 0.05) is 12.2 Å². The van der Waals surface area contributed by atoms with Crippen LogP contribution in [-0.2, 0) is 20.9 Å². The zero-order valence-corrected chi connectivity index (χ0v) is 19.7. The van der Waals surface area contributed by atoms with E-state index in [9.17, 15) is 9.59 Å². The number of methoxy groups -OCH3 is 1. The Morgan fingerprint density at radius 1 is 1.18 bits per heavy atom. The van der Waals surface area contributed by atoms with Gasteiger partial charge >= 0.3 is 5.97 Å². The fourth-order valence-corrected chi connectivity index (χ4v) is 4.91. The van der Waals surface area contributed by atoms with E-state index in [0.717, 1.165) is 11.1 Å². The molecule has 2 aliphatic rings. The Kier molecular flexibility index (Phi) is 7.03. The van der Waals surface area contributed by atoms with Gasteiger partial charge < -0.3 is 14.2 Å². The molecule has 0 N–H and O–H groups in total. The van der Waals surface area contributed by atoms with Gasteiger partial charge in [-0.05, 0) is 37.1 Å². The van der Waals surface area contributed by atoms with E-state index in [0.29, 0.717) is 46.7 Å². The highest BCUT2D eigenvalue weighted by atomic mass is 32.2. The van der Waals surface area contributed by atoms with E-state index in [2.05, 4.69) is 4.99 Å².